The highest BCUT2D eigenvalue weighted by Crippen LogP contribution is 2.44. The maximum atomic E-state index is 11.8. The third-order valence-electron chi connectivity index (χ3n) is 3.95. The van der Waals surface area contributed by atoms with Crippen molar-refractivity contribution < 1.29 is 19.7 Å². The van der Waals surface area contributed by atoms with Crippen LogP contribution in [0.5, 0.6) is 0 Å². The van der Waals surface area contributed by atoms with Gasteiger partial charge in [0.25, 0.3) is 5.56 Å². The van der Waals surface area contributed by atoms with Gasteiger partial charge in [-0.2, -0.15) is 0 Å². The van der Waals surface area contributed by atoms with Crippen LogP contribution in [-0.2, 0) is 9.47 Å². The van der Waals surface area contributed by atoms with E-state index in [1.165, 1.54) is 33.2 Å². The minimum absolute atomic E-state index is 0.450. The number of hydrogen-bond acceptors (Lipinski definition) is 6. The number of nitrogens with zero attached hydrogens (tertiary/aromatic N) is 1. The molecule has 1 saturated heterocycles. The van der Waals surface area contributed by atoms with E-state index in [-0.39, 0.29) is 0 Å². The van der Waals surface area contributed by atoms with Crippen LogP contribution in [0.3, 0.4) is 0 Å². The number of aliphatic hydroxyl groups excluding tert-OH is 1. The molecule has 4 atom stereocenters. The van der Waals surface area contributed by atoms with E-state index >= 15 is 0 Å². The first-order chi connectivity index (χ1) is 9.26. The Bertz CT molecular complexity index is 606. The van der Waals surface area contributed by atoms with E-state index in [1.54, 1.807) is 0 Å². The lowest BCUT2D eigenvalue weighted by Crippen LogP contribution is -2.55. The first kappa shape index (κ1) is 14.9. The van der Waals surface area contributed by atoms with Gasteiger partial charge in [0.05, 0.1) is 6.61 Å². The zero-order valence-corrected chi connectivity index (χ0v) is 11.5. The Kier molecular flexibility index (Phi) is 3.59. The number of aromatic amines is 1. The van der Waals surface area contributed by atoms with Crippen molar-refractivity contribution in [1.82, 2.24) is 9.55 Å². The lowest BCUT2D eigenvalue weighted by atomic mass is 9.84. The van der Waals surface area contributed by atoms with Gasteiger partial charge in [0, 0.05) is 19.4 Å². The van der Waals surface area contributed by atoms with E-state index in [2.05, 4.69) is 4.98 Å². The van der Waals surface area contributed by atoms with Crippen molar-refractivity contribution >= 4 is 0 Å². The molecule has 1 aliphatic rings. The minimum atomic E-state index is -1.52. The summed E-state index contributed by atoms with van der Waals surface area (Å²) in [5.41, 5.74) is -4.03. The lowest BCUT2D eigenvalue weighted by Gasteiger charge is -2.35. The summed E-state index contributed by atoms with van der Waals surface area (Å²) >= 11 is 0. The molecule has 1 aliphatic heterocycles. The molecular weight excluding hydrogens is 268 g/mol. The van der Waals surface area contributed by atoms with E-state index in [4.69, 9.17) is 9.47 Å². The quantitative estimate of drug-likeness (QED) is 0.628. The molecule has 0 saturated carbocycles. The van der Waals surface area contributed by atoms with E-state index < -0.39 is 41.4 Å². The second-order valence-corrected chi connectivity index (χ2v) is 5.22. The summed E-state index contributed by atoms with van der Waals surface area (Å²) in [7, 11) is 1.37. The molecule has 0 aliphatic carbocycles. The molecule has 8 nitrogen and oxygen atoms in total. The Balaban J connectivity index is 2.52. The van der Waals surface area contributed by atoms with Crippen LogP contribution in [0.15, 0.2) is 21.9 Å². The molecule has 8 heteroatoms. The Hall–Kier alpha value is -1.48. The average molecular weight is 286 g/mol. The molecule has 3 N–H and O–H groups in total. The van der Waals surface area contributed by atoms with Crippen LogP contribution < -0.4 is 11.2 Å². The molecule has 2 heterocycles. The van der Waals surface area contributed by atoms with Crippen LogP contribution in [-0.4, -0.2) is 50.8 Å². The summed E-state index contributed by atoms with van der Waals surface area (Å²) in [6.45, 7) is 2.54. The summed E-state index contributed by atoms with van der Waals surface area (Å²) < 4.78 is 12.0. The number of nitrogens with one attached hydrogen (secondary N) is 1. The van der Waals surface area contributed by atoms with Gasteiger partial charge >= 0.3 is 5.69 Å². The predicted molar refractivity (Wildman–Crippen MR) is 68.4 cm³/mol. The predicted octanol–water partition coefficient (Wildman–Crippen LogP) is -1.42. The molecule has 1 aromatic heterocycles. The Labute approximate surface area is 114 Å². The molecule has 1 fully saturated rings. The number of aliphatic hydroxyl groups is 2. The standard InChI is InChI=1S/C12H18N2O6/c1-11(6-15)12(2,18)8(19-3)9(20-11)14-5-4-7(16)13-10(14)17/h4-5,8-9,15,18H,6H2,1-3H3,(H,13,16,17)/t8-,9-,11+,12-/m1/s1. The molecular formula is C12H18N2O6. The molecule has 0 aromatic carbocycles. The molecule has 0 bridgehead atoms. The molecule has 112 valence electrons. The summed E-state index contributed by atoms with van der Waals surface area (Å²) in [4.78, 5) is 25.0. The fourth-order valence-corrected chi connectivity index (χ4v) is 2.40. The SMILES string of the molecule is CO[C@@H]1[C@H](n2ccc(=O)[nH]c2=O)O[C@@](C)(CO)[C@]1(C)O. The maximum Gasteiger partial charge on any atom is 0.330 e. The van der Waals surface area contributed by atoms with Crippen molar-refractivity contribution in [2.24, 2.45) is 0 Å². The second-order valence-electron chi connectivity index (χ2n) is 5.22. The number of H-pyrrole nitrogens is 1. The van der Waals surface area contributed by atoms with E-state index in [9.17, 15) is 19.8 Å². The fraction of sp³-hybridized carbons (Fsp3) is 0.667. The van der Waals surface area contributed by atoms with Crippen molar-refractivity contribution in [1.29, 1.82) is 0 Å². The van der Waals surface area contributed by atoms with Crippen LogP contribution in [0, 0.1) is 0 Å². The lowest BCUT2D eigenvalue weighted by molar-refractivity contribution is -0.151. The normalized spacial score (nSPS) is 37.2. The van der Waals surface area contributed by atoms with Crippen molar-refractivity contribution in [2.45, 2.75) is 37.4 Å². The largest absolute Gasteiger partial charge is 0.393 e. The zero-order valence-electron chi connectivity index (χ0n) is 11.5. The highest BCUT2D eigenvalue weighted by Gasteiger charge is 2.61. The number of rotatable bonds is 3. The van der Waals surface area contributed by atoms with Crippen molar-refractivity contribution in [3.63, 3.8) is 0 Å². The summed E-state index contributed by atoms with van der Waals surface area (Å²) in [5.74, 6) is 0. The smallest absolute Gasteiger partial charge is 0.330 e. The van der Waals surface area contributed by atoms with Gasteiger partial charge in [0.15, 0.2) is 6.23 Å². The van der Waals surface area contributed by atoms with Crippen molar-refractivity contribution in [2.75, 3.05) is 13.7 Å². The van der Waals surface area contributed by atoms with Gasteiger partial charge in [-0.15, -0.1) is 0 Å². The van der Waals surface area contributed by atoms with Gasteiger partial charge in [-0.25, -0.2) is 4.79 Å². The molecule has 0 amide bonds. The van der Waals surface area contributed by atoms with Crippen molar-refractivity contribution in [3.8, 4) is 0 Å². The highest BCUT2D eigenvalue weighted by molar-refractivity contribution is 5.08. The van der Waals surface area contributed by atoms with Crippen LogP contribution in [0.2, 0.25) is 0 Å². The molecule has 20 heavy (non-hydrogen) atoms. The monoisotopic (exact) mass is 286 g/mol. The molecule has 0 radical (unpaired) electrons. The van der Waals surface area contributed by atoms with Gasteiger partial charge in [-0.1, -0.05) is 0 Å². The fourth-order valence-electron chi connectivity index (χ4n) is 2.40. The Morgan fingerprint density at radius 1 is 1.50 bits per heavy atom. The molecule has 2 rings (SSSR count). The van der Waals surface area contributed by atoms with Gasteiger partial charge in [0.2, 0.25) is 0 Å². The highest BCUT2D eigenvalue weighted by atomic mass is 16.6. The molecule has 0 unspecified atom stereocenters. The molecule has 1 aromatic rings. The topological polar surface area (TPSA) is 114 Å². The first-order valence-corrected chi connectivity index (χ1v) is 6.12. The van der Waals surface area contributed by atoms with Crippen LogP contribution in [0.1, 0.15) is 20.1 Å². The maximum absolute atomic E-state index is 11.8. The number of methoxy groups -OCH3 is 1. The number of ether oxygens (including phenoxy) is 2. The molecule has 0 spiro atoms. The summed E-state index contributed by atoms with van der Waals surface area (Å²) in [6.07, 6.45) is -0.586. The van der Waals surface area contributed by atoms with E-state index in [1.807, 2.05) is 0 Å². The van der Waals surface area contributed by atoms with Crippen LogP contribution in [0.25, 0.3) is 0 Å². The van der Waals surface area contributed by atoms with Gasteiger partial charge in [-0.3, -0.25) is 14.3 Å². The van der Waals surface area contributed by atoms with E-state index in [0.29, 0.717) is 0 Å². The second kappa shape index (κ2) is 4.81. The Morgan fingerprint density at radius 3 is 2.65 bits per heavy atom. The summed E-state index contributed by atoms with van der Waals surface area (Å²) in [5, 5.41) is 20.0. The van der Waals surface area contributed by atoms with Crippen LogP contribution >= 0.6 is 0 Å². The van der Waals surface area contributed by atoms with Crippen molar-refractivity contribution in [3.05, 3.63) is 33.1 Å². The first-order valence-electron chi connectivity index (χ1n) is 6.12. The third-order valence-corrected chi connectivity index (χ3v) is 3.95. The minimum Gasteiger partial charge on any atom is -0.393 e. The average Bonchev–Trinajstić information content (AvgIpc) is 2.57. The van der Waals surface area contributed by atoms with Gasteiger partial charge < -0.3 is 19.7 Å². The third kappa shape index (κ3) is 2.01. The number of aromatic nitrogens is 2. The zero-order chi connectivity index (χ0) is 15.1. The van der Waals surface area contributed by atoms with E-state index in [0.717, 1.165) is 4.57 Å². The van der Waals surface area contributed by atoms with Gasteiger partial charge in [0.1, 0.15) is 17.3 Å². The van der Waals surface area contributed by atoms with Crippen LogP contribution in [0.4, 0.5) is 0 Å². The Morgan fingerprint density at radius 2 is 2.15 bits per heavy atom. The van der Waals surface area contributed by atoms with Gasteiger partial charge in [-0.05, 0) is 13.8 Å². The summed E-state index contributed by atoms with van der Waals surface area (Å²) in [6, 6.07) is 1.17. The number of hydrogen-bond donors (Lipinski definition) is 3.